The molecule has 50 heavy (non-hydrogen) atoms. The number of alkyl halides is 9. The van der Waals surface area contributed by atoms with Crippen LogP contribution in [0.4, 0.5) is 55.9 Å². The molecule has 0 saturated carbocycles. The lowest BCUT2D eigenvalue weighted by atomic mass is 10.0. The number of carbonyl (C=O) groups excluding carboxylic acids is 2. The molecule has 18 heteroatoms. The summed E-state index contributed by atoms with van der Waals surface area (Å²) in [7, 11) is 0. The number of hydrogen-bond donors (Lipinski definition) is 0. The summed E-state index contributed by atoms with van der Waals surface area (Å²) in [5.41, 5.74) is -5.11. The van der Waals surface area contributed by atoms with Crippen molar-refractivity contribution in [3.63, 3.8) is 0 Å². The number of aromatic nitrogens is 2. The minimum atomic E-state index is -5.17. The second-order valence-electron chi connectivity index (χ2n) is 10.5. The Morgan fingerprint density at radius 3 is 1.84 bits per heavy atom. The molecular formula is C32H33F9N4O5. The molecule has 3 rings (SSSR count). The van der Waals surface area contributed by atoms with Gasteiger partial charge in [0.05, 0.1) is 54.6 Å². The summed E-state index contributed by atoms with van der Waals surface area (Å²) in [6.07, 6.45) is -13.5. The number of anilines is 2. The number of amides is 1. The van der Waals surface area contributed by atoms with Crippen LogP contribution in [-0.4, -0.2) is 48.4 Å². The van der Waals surface area contributed by atoms with Gasteiger partial charge in [-0.05, 0) is 74.7 Å². The second kappa shape index (κ2) is 16.8. The van der Waals surface area contributed by atoms with Crippen molar-refractivity contribution in [3.8, 4) is 5.75 Å². The summed E-state index contributed by atoms with van der Waals surface area (Å²) in [6.45, 7) is 3.41. The average Bonchev–Trinajstić information content (AvgIpc) is 3.03. The van der Waals surface area contributed by atoms with Gasteiger partial charge >= 0.3 is 30.6 Å². The molecule has 1 heterocycles. The van der Waals surface area contributed by atoms with E-state index in [2.05, 4.69) is 9.97 Å². The van der Waals surface area contributed by atoms with Crippen LogP contribution < -0.4 is 14.5 Å². The Labute approximate surface area is 280 Å². The Morgan fingerprint density at radius 2 is 1.32 bits per heavy atom. The van der Waals surface area contributed by atoms with Gasteiger partial charge in [0.1, 0.15) is 0 Å². The molecule has 274 valence electrons. The standard InChI is InChI=1S/C32H33F9N4O5/c1-4-45(29(47)49-6-3)26-10-9-22(30(33,34)35)14-21(26)19-44(18-20-12-23(31(36,37)38)15-24(13-20)32(39,40)41)28-42-16-25(17-43-28)50-11-7-8-27(46)48-5-2/h9-10,12-17H,4-8,11,18-19H2,1-3H3. The summed E-state index contributed by atoms with van der Waals surface area (Å²) in [5, 5.41) is 0. The Balaban J connectivity index is 2.11. The lowest BCUT2D eigenvalue weighted by Crippen LogP contribution is -2.33. The molecule has 0 spiro atoms. The van der Waals surface area contributed by atoms with E-state index in [4.69, 9.17) is 14.2 Å². The highest BCUT2D eigenvalue weighted by Gasteiger charge is 2.37. The number of nitrogens with zero attached hydrogens (tertiary/aromatic N) is 4. The molecule has 0 aliphatic heterocycles. The molecule has 0 atom stereocenters. The van der Waals surface area contributed by atoms with Gasteiger partial charge in [0.2, 0.25) is 5.95 Å². The van der Waals surface area contributed by atoms with Crippen LogP contribution in [0.15, 0.2) is 48.8 Å². The van der Waals surface area contributed by atoms with E-state index < -0.39 is 65.9 Å². The predicted octanol–water partition coefficient (Wildman–Crippen LogP) is 8.44. The van der Waals surface area contributed by atoms with Crippen molar-refractivity contribution in [2.75, 3.05) is 36.2 Å². The maximum absolute atomic E-state index is 13.8. The van der Waals surface area contributed by atoms with Crippen LogP contribution in [0.2, 0.25) is 0 Å². The fourth-order valence-electron chi connectivity index (χ4n) is 4.67. The van der Waals surface area contributed by atoms with Crippen LogP contribution in [0.1, 0.15) is 61.4 Å². The van der Waals surface area contributed by atoms with Crippen molar-refractivity contribution in [3.05, 3.63) is 76.6 Å². The molecule has 0 radical (unpaired) electrons. The molecule has 0 fully saturated rings. The summed E-state index contributed by atoms with van der Waals surface area (Å²) in [6, 6.07) is 3.34. The molecule has 1 aromatic heterocycles. The molecular weight excluding hydrogens is 691 g/mol. The first kappa shape index (κ1) is 39.7. The van der Waals surface area contributed by atoms with Crippen LogP contribution in [-0.2, 0) is 45.9 Å². The van der Waals surface area contributed by atoms with E-state index in [1.807, 2.05) is 0 Å². The zero-order chi connectivity index (χ0) is 37.3. The fourth-order valence-corrected chi connectivity index (χ4v) is 4.67. The van der Waals surface area contributed by atoms with E-state index in [0.717, 1.165) is 34.3 Å². The topological polar surface area (TPSA) is 94.1 Å². The molecule has 9 nitrogen and oxygen atoms in total. The molecule has 0 aliphatic rings. The van der Waals surface area contributed by atoms with Gasteiger partial charge in [0, 0.05) is 26.1 Å². The van der Waals surface area contributed by atoms with Crippen molar-refractivity contribution in [1.82, 2.24) is 9.97 Å². The first-order valence-electron chi connectivity index (χ1n) is 15.2. The number of halogens is 9. The molecule has 2 aromatic carbocycles. The van der Waals surface area contributed by atoms with Crippen molar-refractivity contribution in [2.45, 2.75) is 65.2 Å². The molecule has 0 aliphatic carbocycles. The number of benzene rings is 2. The second-order valence-corrected chi connectivity index (χ2v) is 10.5. The van der Waals surface area contributed by atoms with E-state index in [9.17, 15) is 49.1 Å². The van der Waals surface area contributed by atoms with Crippen LogP contribution >= 0.6 is 0 Å². The van der Waals surface area contributed by atoms with E-state index in [-0.39, 0.29) is 68.2 Å². The normalized spacial score (nSPS) is 12.0. The number of rotatable bonds is 14. The summed E-state index contributed by atoms with van der Waals surface area (Å²) in [5.74, 6) is -0.673. The highest BCUT2D eigenvalue weighted by molar-refractivity contribution is 5.88. The maximum atomic E-state index is 13.8. The Hall–Kier alpha value is -4.77. The zero-order valence-corrected chi connectivity index (χ0v) is 27.0. The van der Waals surface area contributed by atoms with E-state index in [1.165, 1.54) is 13.8 Å². The van der Waals surface area contributed by atoms with Crippen molar-refractivity contribution in [1.29, 1.82) is 0 Å². The van der Waals surface area contributed by atoms with Crippen LogP contribution in [0.25, 0.3) is 0 Å². The lowest BCUT2D eigenvalue weighted by molar-refractivity contribution is -0.144. The number of ether oxygens (including phenoxy) is 3. The predicted molar refractivity (Wildman–Crippen MR) is 161 cm³/mol. The van der Waals surface area contributed by atoms with Gasteiger partial charge in [-0.3, -0.25) is 9.69 Å². The fraction of sp³-hybridized carbons (Fsp3) is 0.438. The van der Waals surface area contributed by atoms with Gasteiger partial charge in [-0.25, -0.2) is 14.8 Å². The summed E-state index contributed by atoms with van der Waals surface area (Å²) in [4.78, 5) is 34.6. The Morgan fingerprint density at radius 1 is 0.740 bits per heavy atom. The zero-order valence-electron chi connectivity index (χ0n) is 27.0. The van der Waals surface area contributed by atoms with E-state index >= 15 is 0 Å². The quantitative estimate of drug-likeness (QED) is 0.0930. The van der Waals surface area contributed by atoms with Crippen molar-refractivity contribution < 1.29 is 63.3 Å². The van der Waals surface area contributed by atoms with Gasteiger partial charge in [-0.15, -0.1) is 0 Å². The molecule has 0 unspecified atom stereocenters. The van der Waals surface area contributed by atoms with Crippen LogP contribution in [0.3, 0.4) is 0 Å². The average molecular weight is 725 g/mol. The third-order valence-electron chi connectivity index (χ3n) is 6.88. The van der Waals surface area contributed by atoms with Gasteiger partial charge in [-0.1, -0.05) is 0 Å². The van der Waals surface area contributed by atoms with Crippen LogP contribution in [0, 0.1) is 0 Å². The van der Waals surface area contributed by atoms with Crippen molar-refractivity contribution in [2.24, 2.45) is 0 Å². The van der Waals surface area contributed by atoms with Crippen LogP contribution in [0.5, 0.6) is 5.75 Å². The third-order valence-corrected chi connectivity index (χ3v) is 6.88. The SMILES string of the molecule is CCOC(=O)CCCOc1cnc(N(Cc2cc(C(F)(F)F)cc(C(F)(F)F)c2)Cc2cc(C(F)(F)F)ccc2N(CC)C(=O)OCC)nc1. The van der Waals surface area contributed by atoms with Gasteiger partial charge in [-0.2, -0.15) is 39.5 Å². The minimum absolute atomic E-state index is 0.0317. The highest BCUT2D eigenvalue weighted by atomic mass is 19.4. The minimum Gasteiger partial charge on any atom is -0.490 e. The maximum Gasteiger partial charge on any atom is 0.416 e. The Bertz CT molecular complexity index is 1560. The van der Waals surface area contributed by atoms with Gasteiger partial charge in [0.25, 0.3) is 0 Å². The smallest absolute Gasteiger partial charge is 0.416 e. The molecule has 1 amide bonds. The van der Waals surface area contributed by atoms with Gasteiger partial charge in [0.15, 0.2) is 5.75 Å². The largest absolute Gasteiger partial charge is 0.490 e. The lowest BCUT2D eigenvalue weighted by Gasteiger charge is -2.28. The van der Waals surface area contributed by atoms with Gasteiger partial charge < -0.3 is 19.1 Å². The van der Waals surface area contributed by atoms with E-state index in [0.29, 0.717) is 18.2 Å². The van der Waals surface area contributed by atoms with Crippen molar-refractivity contribution >= 4 is 23.7 Å². The summed E-state index contributed by atoms with van der Waals surface area (Å²) < 4.78 is 139. The third kappa shape index (κ3) is 11.1. The molecule has 3 aromatic rings. The highest BCUT2D eigenvalue weighted by Crippen LogP contribution is 2.38. The number of carbonyl (C=O) groups is 2. The first-order chi connectivity index (χ1) is 23.4. The first-order valence-corrected chi connectivity index (χ1v) is 15.2. The van der Waals surface area contributed by atoms with E-state index in [1.54, 1.807) is 6.92 Å². The molecule has 0 saturated heterocycles. The molecule has 0 N–H and O–H groups in total. The monoisotopic (exact) mass is 724 g/mol. The number of hydrogen-bond acceptors (Lipinski definition) is 8. The number of esters is 1. The Kier molecular flexibility index (Phi) is 13.3. The summed E-state index contributed by atoms with van der Waals surface area (Å²) >= 11 is 0. The molecule has 0 bridgehead atoms.